The van der Waals surface area contributed by atoms with Gasteiger partial charge in [0.1, 0.15) is 12.3 Å². The summed E-state index contributed by atoms with van der Waals surface area (Å²) in [5.74, 6) is 0. The molecule has 1 aliphatic heterocycles. The highest BCUT2D eigenvalue weighted by Gasteiger charge is 2.34. The van der Waals surface area contributed by atoms with Crippen LogP contribution in [-0.2, 0) is 4.74 Å². The van der Waals surface area contributed by atoms with Gasteiger partial charge in [0, 0.05) is 32.1 Å². The Labute approximate surface area is 129 Å². The van der Waals surface area contributed by atoms with Crippen molar-refractivity contribution in [3.63, 3.8) is 0 Å². The summed E-state index contributed by atoms with van der Waals surface area (Å²) < 4.78 is 7.72. The van der Waals surface area contributed by atoms with Crippen LogP contribution in [0.15, 0.2) is 35.5 Å². The smallest absolute Gasteiger partial charge is 0.137 e. The topological polar surface area (TPSA) is 70.2 Å². The molecule has 1 aliphatic rings. The number of benzene rings is 1. The van der Waals surface area contributed by atoms with E-state index in [0.717, 1.165) is 16.6 Å². The van der Waals surface area contributed by atoms with E-state index in [0.29, 0.717) is 6.42 Å². The van der Waals surface area contributed by atoms with Crippen LogP contribution in [0.25, 0.3) is 10.9 Å². The van der Waals surface area contributed by atoms with Crippen LogP contribution in [0, 0.1) is 0 Å². The number of ether oxygens (including phenoxy) is 1. The summed E-state index contributed by atoms with van der Waals surface area (Å²) >= 11 is 0. The average molecular weight is 303 g/mol. The lowest BCUT2D eigenvalue weighted by atomic mass is 10.2. The highest BCUT2D eigenvalue weighted by atomic mass is 16.5. The highest BCUT2D eigenvalue weighted by Crippen LogP contribution is 2.34. The number of nitrogens with zero attached hydrogens (tertiary/aromatic N) is 3. The molecule has 118 valence electrons. The second-order valence-corrected chi connectivity index (χ2v) is 5.76. The summed E-state index contributed by atoms with van der Waals surface area (Å²) in [4.78, 5) is 6.36. The van der Waals surface area contributed by atoms with Gasteiger partial charge in [-0.05, 0) is 18.2 Å². The van der Waals surface area contributed by atoms with Crippen molar-refractivity contribution in [2.75, 3.05) is 20.7 Å². The van der Waals surface area contributed by atoms with Gasteiger partial charge >= 0.3 is 0 Å². The van der Waals surface area contributed by atoms with Crippen LogP contribution < -0.4 is 0 Å². The number of hydrogen-bond acceptors (Lipinski definition) is 4. The van der Waals surface area contributed by atoms with E-state index < -0.39 is 12.2 Å². The predicted molar refractivity (Wildman–Crippen MR) is 85.4 cm³/mol. The number of fused-ring (bicyclic) bond motifs is 1. The van der Waals surface area contributed by atoms with E-state index in [1.54, 1.807) is 6.34 Å². The number of aliphatic hydroxyl groups excluding tert-OH is 2. The van der Waals surface area contributed by atoms with Gasteiger partial charge in [-0.3, -0.25) is 0 Å². The van der Waals surface area contributed by atoms with Crippen molar-refractivity contribution in [2.45, 2.75) is 24.9 Å². The second-order valence-electron chi connectivity index (χ2n) is 5.76. The van der Waals surface area contributed by atoms with Crippen molar-refractivity contribution in [3.8, 4) is 0 Å². The number of rotatable bonds is 4. The Morgan fingerprint density at radius 1 is 1.41 bits per heavy atom. The fourth-order valence-corrected chi connectivity index (χ4v) is 2.76. The quantitative estimate of drug-likeness (QED) is 0.663. The molecule has 6 heteroatoms. The molecule has 2 aromatic rings. The van der Waals surface area contributed by atoms with Crippen LogP contribution in [-0.4, -0.2) is 58.9 Å². The number of aromatic nitrogens is 1. The van der Waals surface area contributed by atoms with E-state index >= 15 is 0 Å². The molecule has 1 aromatic carbocycles. The van der Waals surface area contributed by atoms with Crippen LogP contribution in [0.1, 0.15) is 12.6 Å². The first kappa shape index (κ1) is 15.0. The summed E-state index contributed by atoms with van der Waals surface area (Å²) in [6, 6.07) is 7.93. The third-order valence-corrected chi connectivity index (χ3v) is 3.86. The molecule has 0 radical (unpaired) electrons. The Morgan fingerprint density at radius 3 is 2.91 bits per heavy atom. The molecular weight excluding hydrogens is 282 g/mol. The van der Waals surface area contributed by atoms with Gasteiger partial charge in [0.2, 0.25) is 0 Å². The largest absolute Gasteiger partial charge is 0.394 e. The molecule has 1 fully saturated rings. The maximum Gasteiger partial charge on any atom is 0.137 e. The molecule has 6 nitrogen and oxygen atoms in total. The molecule has 0 unspecified atom stereocenters. The maximum absolute atomic E-state index is 9.90. The minimum absolute atomic E-state index is 0.171. The SMILES string of the molecule is CN(C)/C=N/c1cccc2c1ccn2[C@H]1C[C@H](O)[C@@H](CO)O1. The maximum atomic E-state index is 9.90. The Morgan fingerprint density at radius 2 is 2.23 bits per heavy atom. The monoisotopic (exact) mass is 303 g/mol. The second kappa shape index (κ2) is 6.08. The Hall–Kier alpha value is -1.89. The van der Waals surface area contributed by atoms with Gasteiger partial charge in [0.05, 0.1) is 30.3 Å². The van der Waals surface area contributed by atoms with Crippen molar-refractivity contribution >= 4 is 22.9 Å². The molecule has 22 heavy (non-hydrogen) atoms. The molecule has 0 aliphatic carbocycles. The van der Waals surface area contributed by atoms with Gasteiger partial charge < -0.3 is 24.4 Å². The summed E-state index contributed by atoms with van der Waals surface area (Å²) in [5.41, 5.74) is 1.89. The molecule has 0 amide bonds. The van der Waals surface area contributed by atoms with Gasteiger partial charge in [0.25, 0.3) is 0 Å². The Balaban J connectivity index is 1.95. The third kappa shape index (κ3) is 2.72. The van der Waals surface area contributed by atoms with E-state index in [9.17, 15) is 10.2 Å². The van der Waals surface area contributed by atoms with Crippen LogP contribution >= 0.6 is 0 Å². The zero-order chi connectivity index (χ0) is 15.7. The lowest BCUT2D eigenvalue weighted by Gasteiger charge is -2.15. The molecule has 0 spiro atoms. The molecule has 3 rings (SSSR count). The minimum Gasteiger partial charge on any atom is -0.394 e. The van der Waals surface area contributed by atoms with Gasteiger partial charge in [-0.1, -0.05) is 6.07 Å². The molecule has 2 N–H and O–H groups in total. The Bertz CT molecular complexity index is 680. The first-order valence-electron chi connectivity index (χ1n) is 7.34. The molecular formula is C16H21N3O3. The van der Waals surface area contributed by atoms with E-state index in [1.807, 2.05) is 54.0 Å². The average Bonchev–Trinajstić information content (AvgIpc) is 3.08. The van der Waals surface area contributed by atoms with Crippen LogP contribution in [0.4, 0.5) is 5.69 Å². The van der Waals surface area contributed by atoms with Crippen molar-refractivity contribution in [1.29, 1.82) is 0 Å². The van der Waals surface area contributed by atoms with Gasteiger partial charge in [0.15, 0.2) is 0 Å². The highest BCUT2D eigenvalue weighted by molar-refractivity contribution is 5.92. The van der Waals surface area contributed by atoms with Crippen LogP contribution in [0.5, 0.6) is 0 Å². The standard InChI is InChI=1S/C16H21N3O3/c1-18(2)10-17-12-4-3-5-13-11(12)6-7-19(13)16-8-14(21)15(9-20)22-16/h3-7,10,14-16,20-21H,8-9H2,1-2H3/b17-10+/t14-,15+,16+/m0/s1. The van der Waals surface area contributed by atoms with E-state index in [1.165, 1.54) is 0 Å². The van der Waals surface area contributed by atoms with E-state index in [4.69, 9.17) is 4.74 Å². The normalized spacial score (nSPS) is 25.4. The summed E-state index contributed by atoms with van der Waals surface area (Å²) in [5, 5.41) is 20.1. The molecule has 0 bridgehead atoms. The van der Waals surface area contributed by atoms with Crippen molar-refractivity contribution < 1.29 is 14.9 Å². The van der Waals surface area contributed by atoms with Crippen molar-refractivity contribution in [2.24, 2.45) is 4.99 Å². The lowest BCUT2D eigenvalue weighted by molar-refractivity contribution is -0.0428. The summed E-state index contributed by atoms with van der Waals surface area (Å²) in [6.45, 7) is -0.171. The minimum atomic E-state index is -0.637. The Kier molecular flexibility index (Phi) is 4.15. The fourth-order valence-electron chi connectivity index (χ4n) is 2.76. The molecule has 1 saturated heterocycles. The summed E-state index contributed by atoms with van der Waals surface area (Å²) in [7, 11) is 3.86. The number of aliphatic imine (C=N–C) groups is 1. The molecule has 1 aromatic heterocycles. The zero-order valence-corrected chi connectivity index (χ0v) is 12.8. The van der Waals surface area contributed by atoms with E-state index in [-0.39, 0.29) is 12.8 Å². The molecule has 2 heterocycles. The fraction of sp³-hybridized carbons (Fsp3) is 0.438. The third-order valence-electron chi connectivity index (χ3n) is 3.86. The first-order valence-corrected chi connectivity index (χ1v) is 7.34. The van der Waals surface area contributed by atoms with Gasteiger partial charge in [-0.25, -0.2) is 4.99 Å². The number of aliphatic hydroxyl groups is 2. The lowest BCUT2D eigenvalue weighted by Crippen LogP contribution is -2.24. The van der Waals surface area contributed by atoms with Crippen molar-refractivity contribution in [3.05, 3.63) is 30.5 Å². The summed E-state index contributed by atoms with van der Waals surface area (Å²) in [6.07, 6.45) is 2.76. The first-order chi connectivity index (χ1) is 10.6. The molecule has 3 atom stereocenters. The molecule has 0 saturated carbocycles. The van der Waals surface area contributed by atoms with Gasteiger partial charge in [-0.15, -0.1) is 0 Å². The predicted octanol–water partition coefficient (Wildman–Crippen LogP) is 1.50. The van der Waals surface area contributed by atoms with E-state index in [2.05, 4.69) is 4.99 Å². The van der Waals surface area contributed by atoms with Crippen LogP contribution in [0.2, 0.25) is 0 Å². The number of hydrogen-bond donors (Lipinski definition) is 2. The van der Waals surface area contributed by atoms with Gasteiger partial charge in [-0.2, -0.15) is 0 Å². The zero-order valence-electron chi connectivity index (χ0n) is 12.8. The van der Waals surface area contributed by atoms with Crippen LogP contribution in [0.3, 0.4) is 0 Å². The van der Waals surface area contributed by atoms with Crippen molar-refractivity contribution in [1.82, 2.24) is 9.47 Å².